The maximum absolute atomic E-state index is 10.4. The van der Waals surface area contributed by atoms with Crippen molar-refractivity contribution in [1.29, 1.82) is 0 Å². The van der Waals surface area contributed by atoms with Crippen LogP contribution in [0, 0.1) is 0 Å². The predicted molar refractivity (Wildman–Crippen MR) is 87.4 cm³/mol. The van der Waals surface area contributed by atoms with E-state index in [-0.39, 0.29) is 12.6 Å². The molecule has 0 saturated heterocycles. The van der Waals surface area contributed by atoms with Crippen LogP contribution in [0.1, 0.15) is 12.5 Å². The van der Waals surface area contributed by atoms with Gasteiger partial charge in [-0.15, -0.1) is 0 Å². The third-order valence-corrected chi connectivity index (χ3v) is 2.63. The summed E-state index contributed by atoms with van der Waals surface area (Å²) in [4.78, 5) is 10.4. The number of carboxylic acids is 1. The van der Waals surface area contributed by atoms with Crippen molar-refractivity contribution in [3.63, 3.8) is 0 Å². The van der Waals surface area contributed by atoms with Crippen molar-refractivity contribution in [2.45, 2.75) is 13.0 Å². The Morgan fingerprint density at radius 2 is 2.14 bits per heavy atom. The van der Waals surface area contributed by atoms with Gasteiger partial charge in [0.15, 0.2) is 11.7 Å². The molecule has 0 unspecified atom stereocenters. The standard InChI is InChI=1S/C14H19N3O4S/c1-10(8-20-2)16-14(22)17-15-7-11-3-5-12(6-4-11)21-9-13(18)19/h3-7,10H,8-9H2,1-2H3,(H,18,19)(H2,16,17,22)/b15-7-/t10-/m1/s1. The number of nitrogens with one attached hydrogen (secondary N) is 2. The predicted octanol–water partition coefficient (Wildman–Crippen LogP) is 0.983. The van der Waals surface area contributed by atoms with E-state index in [1.165, 1.54) is 0 Å². The summed E-state index contributed by atoms with van der Waals surface area (Å²) in [5.74, 6) is -0.531. The number of ether oxygens (including phenoxy) is 2. The van der Waals surface area contributed by atoms with E-state index in [4.69, 9.17) is 26.8 Å². The van der Waals surface area contributed by atoms with Crippen LogP contribution < -0.4 is 15.5 Å². The van der Waals surface area contributed by atoms with E-state index >= 15 is 0 Å². The summed E-state index contributed by atoms with van der Waals surface area (Å²) in [6.07, 6.45) is 1.59. The summed E-state index contributed by atoms with van der Waals surface area (Å²) < 4.78 is 10.0. The largest absolute Gasteiger partial charge is 0.482 e. The number of hydrazone groups is 1. The Morgan fingerprint density at radius 1 is 1.45 bits per heavy atom. The first-order valence-corrected chi connectivity index (χ1v) is 6.95. The van der Waals surface area contributed by atoms with E-state index in [0.717, 1.165) is 5.56 Å². The third-order valence-electron chi connectivity index (χ3n) is 2.42. The van der Waals surface area contributed by atoms with Gasteiger partial charge in [0, 0.05) is 13.2 Å². The van der Waals surface area contributed by atoms with Gasteiger partial charge in [0.25, 0.3) is 0 Å². The molecular formula is C14H19N3O4S. The molecule has 0 aliphatic rings. The third kappa shape index (κ3) is 7.55. The second-order valence-electron chi connectivity index (χ2n) is 4.45. The molecule has 0 fully saturated rings. The molecule has 0 aromatic heterocycles. The monoisotopic (exact) mass is 325 g/mol. The first-order valence-electron chi connectivity index (χ1n) is 6.54. The molecule has 1 rings (SSSR count). The highest BCUT2D eigenvalue weighted by Gasteiger charge is 2.02. The minimum absolute atomic E-state index is 0.0888. The average molecular weight is 325 g/mol. The quantitative estimate of drug-likeness (QED) is 0.373. The Morgan fingerprint density at radius 3 is 2.73 bits per heavy atom. The molecule has 0 aliphatic carbocycles. The number of hydrogen-bond donors (Lipinski definition) is 3. The zero-order valence-corrected chi connectivity index (χ0v) is 13.2. The van der Waals surface area contributed by atoms with Crippen LogP contribution in [-0.4, -0.2) is 48.8 Å². The van der Waals surface area contributed by atoms with Gasteiger partial charge < -0.3 is 19.9 Å². The highest BCUT2D eigenvalue weighted by molar-refractivity contribution is 7.80. The number of carboxylic acid groups (broad SMARTS) is 1. The second kappa shape index (κ2) is 9.69. The van der Waals surface area contributed by atoms with Crippen LogP contribution in [0.2, 0.25) is 0 Å². The minimum Gasteiger partial charge on any atom is -0.482 e. The van der Waals surface area contributed by atoms with E-state index < -0.39 is 5.97 Å². The van der Waals surface area contributed by atoms with Gasteiger partial charge in [0.1, 0.15) is 5.75 Å². The molecule has 0 heterocycles. The lowest BCUT2D eigenvalue weighted by Crippen LogP contribution is -2.40. The van der Waals surface area contributed by atoms with Gasteiger partial charge in [0.2, 0.25) is 0 Å². The van der Waals surface area contributed by atoms with Crippen LogP contribution in [0.4, 0.5) is 0 Å². The lowest BCUT2D eigenvalue weighted by molar-refractivity contribution is -0.139. The Labute approximate surface area is 134 Å². The van der Waals surface area contributed by atoms with Crippen molar-refractivity contribution in [3.8, 4) is 5.75 Å². The summed E-state index contributed by atoms with van der Waals surface area (Å²) in [5.41, 5.74) is 3.52. The molecule has 120 valence electrons. The number of nitrogens with zero attached hydrogens (tertiary/aromatic N) is 1. The number of hydrogen-bond acceptors (Lipinski definition) is 5. The van der Waals surface area contributed by atoms with Gasteiger partial charge in [-0.1, -0.05) is 0 Å². The number of aliphatic carboxylic acids is 1. The summed E-state index contributed by atoms with van der Waals surface area (Å²) >= 11 is 5.07. The number of rotatable bonds is 8. The van der Waals surface area contributed by atoms with Crippen LogP contribution in [0.15, 0.2) is 29.4 Å². The fourth-order valence-electron chi connectivity index (χ4n) is 1.51. The lowest BCUT2D eigenvalue weighted by atomic mass is 10.2. The maximum Gasteiger partial charge on any atom is 0.341 e. The fourth-order valence-corrected chi connectivity index (χ4v) is 1.76. The highest BCUT2D eigenvalue weighted by atomic mass is 32.1. The first-order chi connectivity index (χ1) is 10.5. The van der Waals surface area contributed by atoms with E-state index in [2.05, 4.69) is 15.8 Å². The smallest absolute Gasteiger partial charge is 0.341 e. The molecule has 1 aromatic carbocycles. The van der Waals surface area contributed by atoms with E-state index in [0.29, 0.717) is 17.5 Å². The van der Waals surface area contributed by atoms with Crippen LogP contribution in [0.5, 0.6) is 5.75 Å². The molecule has 22 heavy (non-hydrogen) atoms. The van der Waals surface area contributed by atoms with Gasteiger partial charge >= 0.3 is 5.97 Å². The summed E-state index contributed by atoms with van der Waals surface area (Å²) in [6.45, 7) is 2.12. The van der Waals surface area contributed by atoms with E-state index in [1.807, 2.05) is 6.92 Å². The molecule has 0 saturated carbocycles. The molecule has 0 aliphatic heterocycles. The number of benzene rings is 1. The Bertz CT molecular complexity index is 519. The highest BCUT2D eigenvalue weighted by Crippen LogP contribution is 2.10. The van der Waals surface area contributed by atoms with E-state index in [9.17, 15) is 4.79 Å². The number of thiocarbonyl (C=S) groups is 1. The molecule has 1 aromatic rings. The molecular weight excluding hydrogens is 306 g/mol. The van der Waals surface area contributed by atoms with Gasteiger partial charge in [-0.2, -0.15) is 5.10 Å². The van der Waals surface area contributed by atoms with Gasteiger partial charge in [0.05, 0.1) is 12.8 Å². The maximum atomic E-state index is 10.4. The van der Waals surface area contributed by atoms with Crippen LogP contribution >= 0.6 is 12.2 Å². The van der Waals surface area contributed by atoms with Crippen molar-refractivity contribution in [2.75, 3.05) is 20.3 Å². The van der Waals surface area contributed by atoms with Gasteiger partial charge in [-0.05, 0) is 49.0 Å². The van der Waals surface area contributed by atoms with Crippen molar-refractivity contribution >= 4 is 29.5 Å². The number of carbonyl (C=O) groups is 1. The van der Waals surface area contributed by atoms with Crippen molar-refractivity contribution in [2.24, 2.45) is 5.10 Å². The van der Waals surface area contributed by atoms with Crippen LogP contribution in [-0.2, 0) is 9.53 Å². The van der Waals surface area contributed by atoms with Gasteiger partial charge in [-0.25, -0.2) is 4.79 Å². The molecule has 3 N–H and O–H groups in total. The Kier molecular flexibility index (Phi) is 7.87. The summed E-state index contributed by atoms with van der Waals surface area (Å²) in [5, 5.41) is 15.9. The average Bonchev–Trinajstić information content (AvgIpc) is 2.46. The molecule has 1 atom stereocenters. The fraction of sp³-hybridized carbons (Fsp3) is 0.357. The van der Waals surface area contributed by atoms with Gasteiger partial charge in [-0.3, -0.25) is 5.43 Å². The molecule has 0 radical (unpaired) electrons. The van der Waals surface area contributed by atoms with Crippen LogP contribution in [0.25, 0.3) is 0 Å². The molecule has 0 spiro atoms. The van der Waals surface area contributed by atoms with Crippen molar-refractivity contribution in [1.82, 2.24) is 10.7 Å². The van der Waals surface area contributed by atoms with E-state index in [1.54, 1.807) is 37.6 Å². The topological polar surface area (TPSA) is 92.2 Å². The zero-order chi connectivity index (χ0) is 16.4. The lowest BCUT2D eigenvalue weighted by Gasteiger charge is -2.13. The second-order valence-corrected chi connectivity index (χ2v) is 4.86. The number of methoxy groups -OCH3 is 1. The molecule has 8 heteroatoms. The molecule has 0 bridgehead atoms. The molecule has 7 nitrogen and oxygen atoms in total. The Balaban J connectivity index is 2.39. The van der Waals surface area contributed by atoms with Crippen molar-refractivity contribution < 1.29 is 19.4 Å². The molecule has 0 amide bonds. The SMILES string of the molecule is COC[C@@H](C)NC(=S)N/N=C\c1ccc(OCC(=O)O)cc1. The zero-order valence-electron chi connectivity index (χ0n) is 12.4. The van der Waals surface area contributed by atoms with Crippen molar-refractivity contribution in [3.05, 3.63) is 29.8 Å². The minimum atomic E-state index is -1.02. The normalized spacial score (nSPS) is 11.9. The van der Waals surface area contributed by atoms with Crippen LogP contribution in [0.3, 0.4) is 0 Å². The summed E-state index contributed by atoms with van der Waals surface area (Å²) in [6, 6.07) is 6.94. The Hall–Kier alpha value is -2.19. The first kappa shape index (κ1) is 17.9. The summed E-state index contributed by atoms with van der Waals surface area (Å²) in [7, 11) is 1.62.